The van der Waals surface area contributed by atoms with Gasteiger partial charge in [0.2, 0.25) is 0 Å². The smallest absolute Gasteiger partial charge is 0.335 e. The maximum Gasteiger partial charge on any atom is 0.416 e. The SMILES string of the molecule is O=C(c1ccc(C(F)(F)F)cc1)N1CCN(C(=O)c2ccc(F)cc2Br)CC1. The Morgan fingerprint density at radius 1 is 0.857 bits per heavy atom. The van der Waals surface area contributed by atoms with E-state index in [0.717, 1.165) is 24.3 Å². The zero-order valence-electron chi connectivity index (χ0n) is 14.5. The fourth-order valence-corrected chi connectivity index (χ4v) is 3.45. The summed E-state index contributed by atoms with van der Waals surface area (Å²) in [5, 5.41) is 0. The van der Waals surface area contributed by atoms with Crippen molar-refractivity contribution in [1.29, 1.82) is 0 Å². The van der Waals surface area contributed by atoms with Gasteiger partial charge in [0.05, 0.1) is 11.1 Å². The molecule has 1 heterocycles. The molecule has 9 heteroatoms. The van der Waals surface area contributed by atoms with Crippen LogP contribution >= 0.6 is 15.9 Å². The van der Waals surface area contributed by atoms with Crippen LogP contribution in [0.4, 0.5) is 17.6 Å². The quantitative estimate of drug-likeness (QED) is 0.632. The monoisotopic (exact) mass is 458 g/mol. The number of nitrogens with zero attached hydrogens (tertiary/aromatic N) is 2. The molecule has 0 aromatic heterocycles. The molecule has 2 aromatic carbocycles. The van der Waals surface area contributed by atoms with Crippen LogP contribution in [0.25, 0.3) is 0 Å². The number of amides is 2. The van der Waals surface area contributed by atoms with E-state index in [1.165, 1.54) is 23.1 Å². The standard InChI is InChI=1S/C19H15BrF4N2O2/c20-16-11-14(21)5-6-15(16)18(28)26-9-7-25(8-10-26)17(27)12-1-3-13(4-2-12)19(22,23)24/h1-6,11H,7-10H2. The average molecular weight is 459 g/mol. The number of piperazine rings is 1. The Hall–Kier alpha value is -2.42. The zero-order valence-corrected chi connectivity index (χ0v) is 16.1. The van der Waals surface area contributed by atoms with Crippen molar-refractivity contribution < 1.29 is 27.2 Å². The summed E-state index contributed by atoms with van der Waals surface area (Å²) >= 11 is 3.17. The molecule has 148 valence electrons. The molecule has 28 heavy (non-hydrogen) atoms. The van der Waals surface area contributed by atoms with Crippen LogP contribution in [-0.2, 0) is 6.18 Å². The Morgan fingerprint density at radius 2 is 1.39 bits per heavy atom. The molecule has 2 amide bonds. The second-order valence-corrected chi connectivity index (χ2v) is 7.14. The van der Waals surface area contributed by atoms with Gasteiger partial charge in [0.1, 0.15) is 5.82 Å². The minimum Gasteiger partial charge on any atom is -0.335 e. The molecular formula is C19H15BrF4N2O2. The first-order chi connectivity index (χ1) is 13.2. The third kappa shape index (κ3) is 4.35. The molecule has 3 rings (SSSR count). The van der Waals surface area contributed by atoms with Crippen molar-refractivity contribution in [3.05, 3.63) is 69.4 Å². The molecule has 1 aliphatic heterocycles. The van der Waals surface area contributed by atoms with E-state index < -0.39 is 17.6 Å². The second-order valence-electron chi connectivity index (χ2n) is 6.28. The highest BCUT2D eigenvalue weighted by molar-refractivity contribution is 9.10. The molecule has 0 saturated carbocycles. The van der Waals surface area contributed by atoms with Crippen LogP contribution < -0.4 is 0 Å². The predicted octanol–water partition coefficient (Wildman–Crippen LogP) is 4.21. The van der Waals surface area contributed by atoms with Crippen LogP contribution in [0.2, 0.25) is 0 Å². The van der Waals surface area contributed by atoms with E-state index in [-0.39, 0.29) is 43.6 Å². The van der Waals surface area contributed by atoms with Crippen molar-refractivity contribution in [1.82, 2.24) is 9.80 Å². The summed E-state index contributed by atoms with van der Waals surface area (Å²) in [7, 11) is 0. The number of benzene rings is 2. The van der Waals surface area contributed by atoms with Crippen LogP contribution in [0.5, 0.6) is 0 Å². The number of carbonyl (C=O) groups is 2. The molecule has 4 nitrogen and oxygen atoms in total. The topological polar surface area (TPSA) is 40.6 Å². The summed E-state index contributed by atoms with van der Waals surface area (Å²) in [5.74, 6) is -1.13. The Labute approximate surface area is 166 Å². The normalized spacial score (nSPS) is 14.9. The predicted molar refractivity (Wildman–Crippen MR) is 97.4 cm³/mol. The first-order valence-electron chi connectivity index (χ1n) is 8.37. The largest absolute Gasteiger partial charge is 0.416 e. The summed E-state index contributed by atoms with van der Waals surface area (Å²) in [5.41, 5.74) is -0.331. The van der Waals surface area contributed by atoms with Crippen LogP contribution in [0.1, 0.15) is 26.3 Å². The third-order valence-electron chi connectivity index (χ3n) is 4.47. The summed E-state index contributed by atoms with van der Waals surface area (Å²) in [6, 6.07) is 7.84. The molecule has 2 aromatic rings. The van der Waals surface area contributed by atoms with Gasteiger partial charge in [0, 0.05) is 36.2 Å². The molecule has 0 spiro atoms. The summed E-state index contributed by atoms with van der Waals surface area (Å²) in [4.78, 5) is 28.1. The van der Waals surface area contributed by atoms with Crippen LogP contribution in [0.15, 0.2) is 46.9 Å². The number of alkyl halides is 3. The van der Waals surface area contributed by atoms with Gasteiger partial charge in [0.15, 0.2) is 0 Å². The molecule has 0 atom stereocenters. The molecule has 0 radical (unpaired) electrons. The Kier molecular flexibility index (Phi) is 5.74. The molecule has 0 bridgehead atoms. The molecule has 0 N–H and O–H groups in total. The lowest BCUT2D eigenvalue weighted by Crippen LogP contribution is -2.50. The van der Waals surface area contributed by atoms with Gasteiger partial charge < -0.3 is 9.80 Å². The lowest BCUT2D eigenvalue weighted by Gasteiger charge is -2.35. The van der Waals surface area contributed by atoms with Gasteiger partial charge in [-0.15, -0.1) is 0 Å². The highest BCUT2D eigenvalue weighted by Gasteiger charge is 2.31. The van der Waals surface area contributed by atoms with Crippen LogP contribution in [0.3, 0.4) is 0 Å². The number of rotatable bonds is 2. The molecular weight excluding hydrogens is 444 g/mol. The van der Waals surface area contributed by atoms with Crippen molar-refractivity contribution >= 4 is 27.7 Å². The first kappa shape index (κ1) is 20.3. The van der Waals surface area contributed by atoms with E-state index in [9.17, 15) is 27.2 Å². The minimum atomic E-state index is -4.46. The maximum absolute atomic E-state index is 13.2. The van der Waals surface area contributed by atoms with E-state index in [0.29, 0.717) is 10.0 Å². The van der Waals surface area contributed by atoms with Crippen LogP contribution in [-0.4, -0.2) is 47.8 Å². The maximum atomic E-state index is 13.2. The van der Waals surface area contributed by atoms with Gasteiger partial charge in [-0.05, 0) is 58.4 Å². The fourth-order valence-electron chi connectivity index (χ4n) is 2.93. The van der Waals surface area contributed by atoms with Crippen molar-refractivity contribution in [2.75, 3.05) is 26.2 Å². The van der Waals surface area contributed by atoms with Gasteiger partial charge in [-0.25, -0.2) is 4.39 Å². The van der Waals surface area contributed by atoms with E-state index in [2.05, 4.69) is 15.9 Å². The summed E-state index contributed by atoms with van der Waals surface area (Å²) in [6.07, 6.45) is -4.46. The zero-order chi connectivity index (χ0) is 20.5. The van der Waals surface area contributed by atoms with Crippen LogP contribution in [0, 0.1) is 5.82 Å². The van der Waals surface area contributed by atoms with Gasteiger partial charge in [0.25, 0.3) is 11.8 Å². The number of hydrogen-bond donors (Lipinski definition) is 0. The highest BCUT2D eigenvalue weighted by Crippen LogP contribution is 2.29. The van der Waals surface area contributed by atoms with E-state index in [1.54, 1.807) is 4.90 Å². The molecule has 0 unspecified atom stereocenters. The average Bonchev–Trinajstić information content (AvgIpc) is 2.66. The van der Waals surface area contributed by atoms with Crippen molar-refractivity contribution in [2.45, 2.75) is 6.18 Å². The number of hydrogen-bond acceptors (Lipinski definition) is 2. The third-order valence-corrected chi connectivity index (χ3v) is 5.13. The number of carbonyl (C=O) groups excluding carboxylic acids is 2. The minimum absolute atomic E-state index is 0.161. The second kappa shape index (κ2) is 7.90. The first-order valence-corrected chi connectivity index (χ1v) is 9.17. The van der Waals surface area contributed by atoms with Gasteiger partial charge in [-0.3, -0.25) is 9.59 Å². The lowest BCUT2D eigenvalue weighted by atomic mass is 10.1. The molecule has 1 saturated heterocycles. The lowest BCUT2D eigenvalue weighted by molar-refractivity contribution is -0.137. The molecule has 0 aliphatic carbocycles. The molecule has 1 fully saturated rings. The number of halogens is 5. The fraction of sp³-hybridized carbons (Fsp3) is 0.263. The van der Waals surface area contributed by atoms with Crippen molar-refractivity contribution in [3.63, 3.8) is 0 Å². The molecule has 1 aliphatic rings. The summed E-state index contributed by atoms with van der Waals surface area (Å²) in [6.45, 7) is 1.05. The van der Waals surface area contributed by atoms with Gasteiger partial charge >= 0.3 is 6.18 Å². The Bertz CT molecular complexity index is 892. The van der Waals surface area contributed by atoms with E-state index in [4.69, 9.17) is 0 Å². The Morgan fingerprint density at radius 3 is 1.89 bits per heavy atom. The van der Waals surface area contributed by atoms with E-state index >= 15 is 0 Å². The van der Waals surface area contributed by atoms with Gasteiger partial charge in [-0.1, -0.05) is 0 Å². The van der Waals surface area contributed by atoms with E-state index in [1.807, 2.05) is 0 Å². The Balaban J connectivity index is 1.63. The van der Waals surface area contributed by atoms with Gasteiger partial charge in [-0.2, -0.15) is 13.2 Å². The highest BCUT2D eigenvalue weighted by atomic mass is 79.9. The van der Waals surface area contributed by atoms with Crippen molar-refractivity contribution in [2.24, 2.45) is 0 Å². The van der Waals surface area contributed by atoms with Crippen molar-refractivity contribution in [3.8, 4) is 0 Å². The summed E-state index contributed by atoms with van der Waals surface area (Å²) < 4.78 is 51.4.